The maximum absolute atomic E-state index is 12.7. The molecular formula is C17H32ClN3O3. The van der Waals surface area contributed by atoms with Crippen LogP contribution in [-0.2, 0) is 14.3 Å². The molecule has 2 amide bonds. The monoisotopic (exact) mass is 361 g/mol. The van der Waals surface area contributed by atoms with Crippen molar-refractivity contribution in [3.8, 4) is 0 Å². The second-order valence-corrected chi connectivity index (χ2v) is 6.85. The maximum atomic E-state index is 12.7. The lowest BCUT2D eigenvalue weighted by atomic mass is 9.79. The summed E-state index contributed by atoms with van der Waals surface area (Å²) in [7, 11) is 1.72. The van der Waals surface area contributed by atoms with Crippen LogP contribution >= 0.6 is 12.4 Å². The zero-order valence-electron chi connectivity index (χ0n) is 14.9. The first-order valence-corrected chi connectivity index (χ1v) is 8.89. The van der Waals surface area contributed by atoms with Gasteiger partial charge in [0.2, 0.25) is 11.8 Å². The summed E-state index contributed by atoms with van der Waals surface area (Å²) in [6.07, 6.45) is 5.25. The number of likely N-dealkylation sites (tertiary alicyclic amines) is 1. The van der Waals surface area contributed by atoms with E-state index < -0.39 is 0 Å². The van der Waals surface area contributed by atoms with Gasteiger partial charge in [-0.05, 0) is 45.2 Å². The van der Waals surface area contributed by atoms with E-state index in [9.17, 15) is 9.59 Å². The smallest absolute Gasteiger partial charge is 0.242 e. The van der Waals surface area contributed by atoms with Gasteiger partial charge in [0.1, 0.15) is 6.04 Å². The van der Waals surface area contributed by atoms with Gasteiger partial charge >= 0.3 is 0 Å². The normalized spacial score (nSPS) is 23.2. The summed E-state index contributed by atoms with van der Waals surface area (Å²) in [5.41, 5.74) is 0.0178. The van der Waals surface area contributed by atoms with Gasteiger partial charge in [0, 0.05) is 32.0 Å². The third kappa shape index (κ3) is 5.33. The minimum Gasteiger partial charge on any atom is -0.384 e. The fourth-order valence-corrected chi connectivity index (χ4v) is 3.73. The molecule has 1 unspecified atom stereocenters. The standard InChI is InChI=1S/C17H31N3O3.ClH/c1-3-15(21)20-11-5-4-6-14(20)16(22)19-12-17(13-23-2)7-9-18-10-8-17;/h14,18H,3-13H2,1-2H3,(H,19,22);1H. The van der Waals surface area contributed by atoms with Gasteiger partial charge < -0.3 is 20.3 Å². The Kier molecular flexibility index (Phi) is 9.02. The molecule has 0 spiro atoms. The Morgan fingerprint density at radius 1 is 1.29 bits per heavy atom. The average Bonchev–Trinajstić information content (AvgIpc) is 2.60. The molecule has 1 atom stereocenters. The van der Waals surface area contributed by atoms with E-state index in [2.05, 4.69) is 10.6 Å². The van der Waals surface area contributed by atoms with Gasteiger partial charge in [0.05, 0.1) is 6.61 Å². The van der Waals surface area contributed by atoms with Crippen LogP contribution in [0.4, 0.5) is 0 Å². The predicted octanol–water partition coefficient (Wildman–Crippen LogP) is 1.33. The summed E-state index contributed by atoms with van der Waals surface area (Å²) in [5.74, 6) is 0.0823. The van der Waals surface area contributed by atoms with Crippen molar-refractivity contribution in [2.45, 2.75) is 51.5 Å². The number of carbonyl (C=O) groups excluding carboxylic acids is 2. The number of hydrogen-bond acceptors (Lipinski definition) is 4. The van der Waals surface area contributed by atoms with Crippen LogP contribution in [0.3, 0.4) is 0 Å². The third-order valence-corrected chi connectivity index (χ3v) is 5.18. The summed E-state index contributed by atoms with van der Waals surface area (Å²) >= 11 is 0. The van der Waals surface area contributed by atoms with Crippen LogP contribution in [0, 0.1) is 5.41 Å². The Balaban J connectivity index is 0.00000288. The molecule has 140 valence electrons. The Morgan fingerprint density at radius 3 is 2.62 bits per heavy atom. The van der Waals surface area contributed by atoms with E-state index in [4.69, 9.17) is 4.74 Å². The zero-order valence-corrected chi connectivity index (χ0v) is 15.8. The van der Waals surface area contributed by atoms with E-state index in [1.807, 2.05) is 6.92 Å². The van der Waals surface area contributed by atoms with Gasteiger partial charge in [-0.2, -0.15) is 0 Å². The van der Waals surface area contributed by atoms with Crippen molar-refractivity contribution in [2.75, 3.05) is 39.9 Å². The molecule has 0 aromatic carbocycles. The molecule has 0 saturated carbocycles. The topological polar surface area (TPSA) is 70.7 Å². The molecule has 2 heterocycles. The van der Waals surface area contributed by atoms with Crippen LogP contribution < -0.4 is 10.6 Å². The summed E-state index contributed by atoms with van der Waals surface area (Å²) in [6.45, 7) is 5.78. The van der Waals surface area contributed by atoms with Crippen LogP contribution in [0.5, 0.6) is 0 Å². The van der Waals surface area contributed by atoms with Gasteiger partial charge in [0.15, 0.2) is 0 Å². The molecule has 2 rings (SSSR count). The molecule has 6 nitrogen and oxygen atoms in total. The number of amides is 2. The lowest BCUT2D eigenvalue weighted by Gasteiger charge is -2.39. The lowest BCUT2D eigenvalue weighted by molar-refractivity contribution is -0.142. The van der Waals surface area contributed by atoms with Crippen LogP contribution in [0.25, 0.3) is 0 Å². The number of rotatable bonds is 6. The lowest BCUT2D eigenvalue weighted by Crippen LogP contribution is -2.54. The molecule has 2 aliphatic heterocycles. The van der Waals surface area contributed by atoms with Crippen LogP contribution in [0.1, 0.15) is 45.4 Å². The number of ether oxygens (including phenoxy) is 1. The highest BCUT2D eigenvalue weighted by Crippen LogP contribution is 2.28. The van der Waals surface area contributed by atoms with Crippen molar-refractivity contribution in [3.05, 3.63) is 0 Å². The van der Waals surface area contributed by atoms with Crippen LogP contribution in [0.2, 0.25) is 0 Å². The fraction of sp³-hybridized carbons (Fsp3) is 0.882. The van der Waals surface area contributed by atoms with Crippen LogP contribution in [-0.4, -0.2) is 62.7 Å². The summed E-state index contributed by atoms with van der Waals surface area (Å²) < 4.78 is 5.40. The first kappa shape index (κ1) is 21.2. The molecule has 0 bridgehead atoms. The second-order valence-electron chi connectivity index (χ2n) is 6.85. The Hall–Kier alpha value is -0.850. The summed E-state index contributed by atoms with van der Waals surface area (Å²) in [6, 6.07) is -0.294. The largest absolute Gasteiger partial charge is 0.384 e. The Labute approximate surface area is 151 Å². The van der Waals surface area contributed by atoms with Crippen molar-refractivity contribution in [2.24, 2.45) is 5.41 Å². The van der Waals surface area contributed by atoms with Crippen molar-refractivity contribution < 1.29 is 14.3 Å². The molecule has 0 aliphatic carbocycles. The van der Waals surface area contributed by atoms with Gasteiger partial charge in [-0.15, -0.1) is 12.4 Å². The SMILES string of the molecule is CCC(=O)N1CCCCC1C(=O)NCC1(COC)CCNCC1.Cl. The Morgan fingerprint density at radius 2 is 2.00 bits per heavy atom. The van der Waals surface area contributed by atoms with Crippen molar-refractivity contribution in [1.82, 2.24) is 15.5 Å². The summed E-state index contributed by atoms with van der Waals surface area (Å²) in [4.78, 5) is 26.5. The summed E-state index contributed by atoms with van der Waals surface area (Å²) in [5, 5.41) is 6.47. The molecule has 0 radical (unpaired) electrons. The number of hydrogen-bond donors (Lipinski definition) is 2. The zero-order chi connectivity index (χ0) is 16.7. The van der Waals surface area contributed by atoms with E-state index in [1.165, 1.54) is 0 Å². The molecule has 2 aliphatic rings. The third-order valence-electron chi connectivity index (χ3n) is 5.18. The van der Waals surface area contributed by atoms with E-state index in [0.29, 0.717) is 26.1 Å². The quantitative estimate of drug-likeness (QED) is 0.748. The molecule has 2 saturated heterocycles. The Bertz CT molecular complexity index is 408. The second kappa shape index (κ2) is 10.2. The molecule has 0 aromatic heterocycles. The highest BCUT2D eigenvalue weighted by molar-refractivity contribution is 5.87. The molecule has 0 aromatic rings. The number of halogens is 1. The van der Waals surface area contributed by atoms with Gasteiger partial charge in [-0.1, -0.05) is 6.92 Å². The van der Waals surface area contributed by atoms with E-state index in [0.717, 1.165) is 45.2 Å². The first-order chi connectivity index (χ1) is 11.1. The minimum atomic E-state index is -0.294. The predicted molar refractivity (Wildman–Crippen MR) is 96.3 cm³/mol. The van der Waals surface area contributed by atoms with Crippen molar-refractivity contribution in [1.29, 1.82) is 0 Å². The maximum Gasteiger partial charge on any atom is 0.242 e. The van der Waals surface area contributed by atoms with E-state index in [1.54, 1.807) is 12.0 Å². The minimum absolute atomic E-state index is 0. The molecular weight excluding hydrogens is 330 g/mol. The average molecular weight is 362 g/mol. The molecule has 7 heteroatoms. The van der Waals surface area contributed by atoms with Crippen molar-refractivity contribution >= 4 is 24.2 Å². The van der Waals surface area contributed by atoms with Crippen molar-refractivity contribution in [3.63, 3.8) is 0 Å². The van der Waals surface area contributed by atoms with Gasteiger partial charge in [-0.25, -0.2) is 0 Å². The fourth-order valence-electron chi connectivity index (χ4n) is 3.73. The van der Waals surface area contributed by atoms with Crippen LogP contribution in [0.15, 0.2) is 0 Å². The number of nitrogens with zero attached hydrogens (tertiary/aromatic N) is 1. The van der Waals surface area contributed by atoms with Gasteiger partial charge in [0.25, 0.3) is 0 Å². The number of piperidine rings is 2. The van der Waals surface area contributed by atoms with E-state index in [-0.39, 0.29) is 35.7 Å². The highest BCUT2D eigenvalue weighted by atomic mass is 35.5. The number of nitrogens with one attached hydrogen (secondary N) is 2. The molecule has 24 heavy (non-hydrogen) atoms. The number of carbonyl (C=O) groups is 2. The molecule has 2 N–H and O–H groups in total. The van der Waals surface area contributed by atoms with Gasteiger partial charge in [-0.3, -0.25) is 9.59 Å². The first-order valence-electron chi connectivity index (χ1n) is 8.89. The molecule has 2 fully saturated rings. The van der Waals surface area contributed by atoms with E-state index >= 15 is 0 Å². The highest BCUT2D eigenvalue weighted by Gasteiger charge is 2.35. The number of methoxy groups -OCH3 is 1.